The summed E-state index contributed by atoms with van der Waals surface area (Å²) >= 11 is 0. The lowest BCUT2D eigenvalue weighted by Crippen LogP contribution is -2.51. The van der Waals surface area contributed by atoms with Crippen molar-refractivity contribution in [2.75, 3.05) is 42.6 Å². The van der Waals surface area contributed by atoms with Gasteiger partial charge in [-0.15, -0.1) is 0 Å². The molecule has 5 rings (SSSR count). The number of aromatic nitrogens is 2. The van der Waals surface area contributed by atoms with Gasteiger partial charge in [0, 0.05) is 56.3 Å². The standard InChI is InChI=1S/C23H31FN6O3S/c1-23(3-4-23)33-20-10-16(18(25)11-17(20)24)22(26)19-12-21(28-14-27-19)30-7-5-29(6-8-30)15-2-9-34(31,32)13-15/h10,12,14-15,18,26H,2-9,11,13,25H2,1H3. The summed E-state index contributed by atoms with van der Waals surface area (Å²) < 4.78 is 44.0. The highest BCUT2D eigenvalue weighted by molar-refractivity contribution is 7.91. The van der Waals surface area contributed by atoms with E-state index in [-0.39, 0.29) is 46.9 Å². The van der Waals surface area contributed by atoms with Crippen molar-refractivity contribution >= 4 is 21.4 Å². The van der Waals surface area contributed by atoms with Crippen LogP contribution in [-0.4, -0.2) is 84.4 Å². The Morgan fingerprint density at radius 2 is 2.00 bits per heavy atom. The van der Waals surface area contributed by atoms with Crippen LogP contribution in [0, 0.1) is 5.41 Å². The molecule has 3 N–H and O–H groups in total. The average molecular weight is 491 g/mol. The van der Waals surface area contributed by atoms with Gasteiger partial charge in [0.25, 0.3) is 0 Å². The van der Waals surface area contributed by atoms with Gasteiger partial charge in [0.2, 0.25) is 0 Å². The Hall–Kier alpha value is -2.37. The third kappa shape index (κ3) is 4.87. The number of hydrogen-bond acceptors (Lipinski definition) is 9. The molecule has 0 amide bonds. The van der Waals surface area contributed by atoms with E-state index in [0.717, 1.165) is 25.9 Å². The number of ether oxygens (including phenoxy) is 1. The molecule has 1 saturated carbocycles. The molecule has 9 nitrogen and oxygen atoms in total. The number of anilines is 1. The molecule has 0 radical (unpaired) electrons. The van der Waals surface area contributed by atoms with Gasteiger partial charge >= 0.3 is 0 Å². The van der Waals surface area contributed by atoms with Gasteiger partial charge in [-0.3, -0.25) is 10.3 Å². The number of halogens is 1. The molecule has 0 aromatic carbocycles. The van der Waals surface area contributed by atoms with E-state index in [2.05, 4.69) is 19.8 Å². The molecule has 1 aromatic rings. The van der Waals surface area contributed by atoms with Crippen LogP contribution in [0.2, 0.25) is 0 Å². The molecule has 1 aromatic heterocycles. The summed E-state index contributed by atoms with van der Waals surface area (Å²) in [6.45, 7) is 4.90. The lowest BCUT2D eigenvalue weighted by atomic mass is 9.92. The third-order valence-electron chi connectivity index (χ3n) is 7.22. The van der Waals surface area contributed by atoms with Gasteiger partial charge in [0.1, 0.15) is 23.6 Å². The fourth-order valence-corrected chi connectivity index (χ4v) is 6.56. The van der Waals surface area contributed by atoms with Gasteiger partial charge in [-0.2, -0.15) is 0 Å². The van der Waals surface area contributed by atoms with E-state index >= 15 is 0 Å². The summed E-state index contributed by atoms with van der Waals surface area (Å²) in [5, 5.41) is 8.73. The zero-order valence-corrected chi connectivity index (χ0v) is 20.2. The lowest BCUT2D eigenvalue weighted by molar-refractivity contribution is 0.110. The average Bonchev–Trinajstić information content (AvgIpc) is 3.43. The number of nitrogens with two attached hydrogens (primary N) is 1. The van der Waals surface area contributed by atoms with Crippen LogP contribution in [0.15, 0.2) is 35.6 Å². The first-order chi connectivity index (χ1) is 16.1. The van der Waals surface area contributed by atoms with E-state index in [4.69, 9.17) is 15.9 Å². The molecule has 2 atom stereocenters. The van der Waals surface area contributed by atoms with Crippen molar-refractivity contribution in [1.82, 2.24) is 14.9 Å². The molecule has 3 fully saturated rings. The van der Waals surface area contributed by atoms with Crippen molar-refractivity contribution in [2.45, 2.75) is 50.3 Å². The zero-order chi connectivity index (χ0) is 24.1. The van der Waals surface area contributed by atoms with Crippen LogP contribution in [0.25, 0.3) is 0 Å². The first-order valence-corrected chi connectivity index (χ1v) is 13.6. The summed E-state index contributed by atoms with van der Waals surface area (Å²) in [4.78, 5) is 13.1. The van der Waals surface area contributed by atoms with Crippen molar-refractivity contribution in [3.63, 3.8) is 0 Å². The van der Waals surface area contributed by atoms with E-state index in [0.29, 0.717) is 36.6 Å². The second-order valence-electron chi connectivity index (χ2n) is 9.95. The first-order valence-electron chi connectivity index (χ1n) is 11.8. The van der Waals surface area contributed by atoms with Crippen molar-refractivity contribution in [1.29, 1.82) is 5.41 Å². The molecule has 0 bridgehead atoms. The topological polar surface area (TPSA) is 126 Å². The van der Waals surface area contributed by atoms with Crippen molar-refractivity contribution in [2.24, 2.45) is 5.73 Å². The van der Waals surface area contributed by atoms with E-state index in [1.54, 1.807) is 12.1 Å². The smallest absolute Gasteiger partial charge is 0.152 e. The highest BCUT2D eigenvalue weighted by Gasteiger charge is 2.42. The molecule has 3 heterocycles. The molecule has 2 aliphatic heterocycles. The molecule has 2 aliphatic carbocycles. The summed E-state index contributed by atoms with van der Waals surface area (Å²) in [5.74, 6) is 1.02. The third-order valence-corrected chi connectivity index (χ3v) is 8.97. The Morgan fingerprint density at radius 3 is 2.65 bits per heavy atom. The summed E-state index contributed by atoms with van der Waals surface area (Å²) in [7, 11) is -2.91. The molecular weight excluding hydrogens is 459 g/mol. The number of rotatable bonds is 6. The minimum atomic E-state index is -2.91. The van der Waals surface area contributed by atoms with Gasteiger partial charge in [-0.05, 0) is 32.3 Å². The number of allylic oxidation sites excluding steroid dienone is 1. The summed E-state index contributed by atoms with van der Waals surface area (Å²) in [6.07, 6.45) is 5.45. The Labute approximate surface area is 199 Å². The first kappa shape index (κ1) is 23.4. The van der Waals surface area contributed by atoms with E-state index in [1.807, 2.05) is 6.92 Å². The highest BCUT2D eigenvalue weighted by Crippen LogP contribution is 2.42. The molecule has 11 heteroatoms. The van der Waals surface area contributed by atoms with Gasteiger partial charge < -0.3 is 15.4 Å². The van der Waals surface area contributed by atoms with Crippen molar-refractivity contribution < 1.29 is 17.5 Å². The number of nitrogens with one attached hydrogen (secondary N) is 1. The van der Waals surface area contributed by atoms with Gasteiger partial charge in [0.15, 0.2) is 15.6 Å². The van der Waals surface area contributed by atoms with Crippen LogP contribution in [-0.2, 0) is 14.6 Å². The fourth-order valence-electron chi connectivity index (χ4n) is 4.80. The number of nitrogens with zero attached hydrogens (tertiary/aromatic N) is 4. The highest BCUT2D eigenvalue weighted by atomic mass is 32.2. The predicted molar refractivity (Wildman–Crippen MR) is 127 cm³/mol. The minimum absolute atomic E-state index is 0.00356. The maximum absolute atomic E-state index is 14.5. The Kier molecular flexibility index (Phi) is 5.97. The molecule has 0 spiro atoms. The van der Waals surface area contributed by atoms with Gasteiger partial charge in [-0.25, -0.2) is 22.8 Å². The van der Waals surface area contributed by atoms with Crippen LogP contribution < -0.4 is 10.6 Å². The second-order valence-corrected chi connectivity index (χ2v) is 12.2. The van der Waals surface area contributed by atoms with Gasteiger partial charge in [0.05, 0.1) is 22.9 Å². The fraction of sp³-hybridized carbons (Fsp3) is 0.609. The van der Waals surface area contributed by atoms with Crippen LogP contribution in [0.4, 0.5) is 10.2 Å². The summed E-state index contributed by atoms with van der Waals surface area (Å²) in [5.41, 5.74) is 6.92. The van der Waals surface area contributed by atoms with Crippen LogP contribution in [0.5, 0.6) is 0 Å². The molecular formula is C23H31FN6O3S. The van der Waals surface area contributed by atoms with E-state index in [9.17, 15) is 12.8 Å². The van der Waals surface area contributed by atoms with Crippen LogP contribution >= 0.6 is 0 Å². The number of sulfone groups is 1. The normalized spacial score (nSPS) is 28.6. The quantitative estimate of drug-likeness (QED) is 0.576. The van der Waals surface area contributed by atoms with Crippen LogP contribution in [0.3, 0.4) is 0 Å². The molecule has 4 aliphatic rings. The number of piperazine rings is 1. The second kappa shape index (κ2) is 8.69. The SMILES string of the molecule is CC1(OC2=C(F)CC(N)C(C(=N)c3cc(N4CCN(C5CCS(=O)(=O)C5)CC4)ncn3)=C2)CC1. The van der Waals surface area contributed by atoms with Crippen molar-refractivity contribution in [3.05, 3.63) is 41.3 Å². The molecule has 184 valence electrons. The maximum Gasteiger partial charge on any atom is 0.152 e. The number of hydrogen-bond donors (Lipinski definition) is 2. The monoisotopic (exact) mass is 490 g/mol. The minimum Gasteiger partial charge on any atom is -0.485 e. The lowest BCUT2D eigenvalue weighted by Gasteiger charge is -2.38. The largest absolute Gasteiger partial charge is 0.485 e. The zero-order valence-electron chi connectivity index (χ0n) is 19.3. The van der Waals surface area contributed by atoms with E-state index in [1.165, 1.54) is 6.33 Å². The molecule has 2 unspecified atom stereocenters. The Morgan fingerprint density at radius 1 is 1.26 bits per heavy atom. The van der Waals surface area contributed by atoms with E-state index < -0.39 is 15.9 Å². The van der Waals surface area contributed by atoms with Gasteiger partial charge in [-0.1, -0.05) is 0 Å². The molecule has 34 heavy (non-hydrogen) atoms. The van der Waals surface area contributed by atoms with Crippen LogP contribution in [0.1, 0.15) is 38.3 Å². The Balaban J connectivity index is 1.28. The predicted octanol–water partition coefficient (Wildman–Crippen LogP) is 1.56. The molecule has 2 saturated heterocycles. The maximum atomic E-state index is 14.5. The van der Waals surface area contributed by atoms with Crippen molar-refractivity contribution in [3.8, 4) is 0 Å². The Bertz CT molecular complexity index is 1150. The summed E-state index contributed by atoms with van der Waals surface area (Å²) in [6, 6.07) is 1.23.